The molecule has 0 spiro atoms. The summed E-state index contributed by atoms with van der Waals surface area (Å²) in [4.78, 5) is 10.8. The first-order chi connectivity index (χ1) is 7.99. The van der Waals surface area contributed by atoms with E-state index in [1.807, 2.05) is 6.07 Å². The van der Waals surface area contributed by atoms with Crippen LogP contribution < -0.4 is 0 Å². The Morgan fingerprint density at radius 3 is 2.71 bits per heavy atom. The Bertz CT molecular complexity index is 496. The molecular formula is C13H11Cl2FO. The highest BCUT2D eigenvalue weighted by atomic mass is 35.5. The second kappa shape index (κ2) is 4.79. The van der Waals surface area contributed by atoms with Crippen LogP contribution in [-0.2, 0) is 4.79 Å². The Balaban J connectivity index is 2.10. The van der Waals surface area contributed by atoms with E-state index in [9.17, 15) is 9.18 Å². The summed E-state index contributed by atoms with van der Waals surface area (Å²) >= 11 is 11.7. The van der Waals surface area contributed by atoms with Gasteiger partial charge in [0.2, 0.25) is 0 Å². The van der Waals surface area contributed by atoms with E-state index < -0.39 is 11.6 Å². The summed E-state index contributed by atoms with van der Waals surface area (Å²) < 4.78 is 13.1. The predicted molar refractivity (Wildman–Crippen MR) is 67.2 cm³/mol. The number of halogens is 3. The van der Waals surface area contributed by atoms with Crippen molar-refractivity contribution in [3.8, 4) is 0 Å². The molecular weight excluding hydrogens is 262 g/mol. The quantitative estimate of drug-likeness (QED) is 0.739. The third-order valence-corrected chi connectivity index (χ3v) is 3.65. The molecule has 0 aliphatic heterocycles. The summed E-state index contributed by atoms with van der Waals surface area (Å²) in [6, 6.07) is 5.42. The van der Waals surface area contributed by atoms with Gasteiger partial charge < -0.3 is 0 Å². The molecule has 4 heteroatoms. The second-order valence-corrected chi connectivity index (χ2v) is 5.06. The summed E-state index contributed by atoms with van der Waals surface area (Å²) in [5.74, 6) is -0.839. The minimum Gasteiger partial charge on any atom is -0.292 e. The highest BCUT2D eigenvalue weighted by molar-refractivity contribution is 6.42. The molecule has 1 aromatic rings. The van der Waals surface area contributed by atoms with E-state index in [1.165, 1.54) is 13.0 Å². The van der Waals surface area contributed by atoms with Crippen molar-refractivity contribution in [3.05, 3.63) is 45.7 Å². The van der Waals surface area contributed by atoms with E-state index in [0.717, 1.165) is 12.0 Å². The Morgan fingerprint density at radius 2 is 2.12 bits per heavy atom. The summed E-state index contributed by atoms with van der Waals surface area (Å²) in [6.07, 6.45) is 2.24. The van der Waals surface area contributed by atoms with Crippen LogP contribution >= 0.6 is 23.2 Å². The lowest BCUT2D eigenvalue weighted by molar-refractivity contribution is -0.114. The Kier molecular flexibility index (Phi) is 3.55. The van der Waals surface area contributed by atoms with Crippen molar-refractivity contribution >= 4 is 29.0 Å². The van der Waals surface area contributed by atoms with E-state index in [4.69, 9.17) is 23.2 Å². The molecule has 1 aliphatic carbocycles. The van der Waals surface area contributed by atoms with Crippen LogP contribution in [0.4, 0.5) is 4.39 Å². The first-order valence-electron chi connectivity index (χ1n) is 5.32. The van der Waals surface area contributed by atoms with Gasteiger partial charge >= 0.3 is 0 Å². The fourth-order valence-corrected chi connectivity index (χ4v) is 2.14. The molecule has 0 amide bonds. The van der Waals surface area contributed by atoms with Crippen LogP contribution in [0, 0.1) is 5.92 Å². The Hall–Kier alpha value is -0.860. The van der Waals surface area contributed by atoms with Crippen LogP contribution in [0.2, 0.25) is 10.0 Å². The van der Waals surface area contributed by atoms with Gasteiger partial charge in [0, 0.05) is 6.92 Å². The summed E-state index contributed by atoms with van der Waals surface area (Å²) in [7, 11) is 0. The smallest absolute Gasteiger partial charge is 0.187 e. The standard InChI is InChI=1S/C13H11Cl2FO/c1-7(17)13(16)6-9-4-10(9)8-2-3-11(14)12(15)5-8/h2-3,5-6,9-10H,4H2,1H3/b13-6+. The molecule has 0 N–H and O–H groups in total. The van der Waals surface area contributed by atoms with Gasteiger partial charge in [0.15, 0.2) is 11.6 Å². The third kappa shape index (κ3) is 2.88. The van der Waals surface area contributed by atoms with Gasteiger partial charge in [-0.3, -0.25) is 4.79 Å². The number of carbonyl (C=O) groups excluding carboxylic acids is 1. The minimum absolute atomic E-state index is 0.0937. The van der Waals surface area contributed by atoms with Gasteiger partial charge in [-0.15, -0.1) is 0 Å². The van der Waals surface area contributed by atoms with Crippen molar-refractivity contribution in [3.63, 3.8) is 0 Å². The molecule has 0 radical (unpaired) electrons. The average molecular weight is 273 g/mol. The molecule has 1 nitrogen and oxygen atoms in total. The predicted octanol–water partition coefficient (Wildman–Crippen LogP) is 4.54. The number of carbonyl (C=O) groups is 1. The van der Waals surface area contributed by atoms with Gasteiger partial charge in [-0.2, -0.15) is 0 Å². The number of benzene rings is 1. The zero-order valence-electron chi connectivity index (χ0n) is 9.21. The fraction of sp³-hybridized carbons (Fsp3) is 0.308. The molecule has 1 fully saturated rings. The molecule has 1 aromatic carbocycles. The highest BCUT2D eigenvalue weighted by Gasteiger charge is 2.37. The van der Waals surface area contributed by atoms with E-state index in [-0.39, 0.29) is 11.8 Å². The van der Waals surface area contributed by atoms with Crippen LogP contribution in [0.5, 0.6) is 0 Å². The van der Waals surface area contributed by atoms with E-state index in [1.54, 1.807) is 12.1 Å². The maximum Gasteiger partial charge on any atom is 0.187 e. The molecule has 90 valence electrons. The SMILES string of the molecule is CC(=O)/C(F)=C\C1CC1c1ccc(Cl)c(Cl)c1. The molecule has 1 saturated carbocycles. The van der Waals surface area contributed by atoms with Gasteiger partial charge in [-0.25, -0.2) is 4.39 Å². The second-order valence-electron chi connectivity index (χ2n) is 4.25. The average Bonchev–Trinajstić information content (AvgIpc) is 3.01. The number of hydrogen-bond acceptors (Lipinski definition) is 1. The maximum absolute atomic E-state index is 13.1. The zero-order valence-corrected chi connectivity index (χ0v) is 10.7. The topological polar surface area (TPSA) is 17.1 Å². The van der Waals surface area contributed by atoms with Gasteiger partial charge in [0.05, 0.1) is 10.0 Å². The summed E-state index contributed by atoms with van der Waals surface area (Å²) in [6.45, 7) is 1.22. The zero-order chi connectivity index (χ0) is 12.6. The number of ketones is 1. The normalized spacial score (nSPS) is 23.6. The van der Waals surface area contributed by atoms with Crippen LogP contribution in [-0.4, -0.2) is 5.78 Å². The van der Waals surface area contributed by atoms with Crippen molar-refractivity contribution < 1.29 is 9.18 Å². The van der Waals surface area contributed by atoms with Crippen LogP contribution in [0.15, 0.2) is 30.1 Å². The van der Waals surface area contributed by atoms with Crippen LogP contribution in [0.25, 0.3) is 0 Å². The van der Waals surface area contributed by atoms with E-state index in [0.29, 0.717) is 10.0 Å². The van der Waals surface area contributed by atoms with Crippen molar-refractivity contribution in [2.45, 2.75) is 19.3 Å². The van der Waals surface area contributed by atoms with Gasteiger partial charge in [0.1, 0.15) is 0 Å². The van der Waals surface area contributed by atoms with Gasteiger partial charge in [-0.1, -0.05) is 29.3 Å². The lowest BCUT2D eigenvalue weighted by atomic mass is 10.1. The summed E-state index contributed by atoms with van der Waals surface area (Å²) in [5, 5.41) is 1.02. The largest absolute Gasteiger partial charge is 0.292 e. The third-order valence-electron chi connectivity index (χ3n) is 2.91. The Morgan fingerprint density at radius 1 is 1.41 bits per heavy atom. The molecule has 0 saturated heterocycles. The van der Waals surface area contributed by atoms with Gasteiger partial charge in [0.25, 0.3) is 0 Å². The number of hydrogen-bond donors (Lipinski definition) is 0. The molecule has 2 atom stereocenters. The molecule has 0 aromatic heterocycles. The van der Waals surface area contributed by atoms with Crippen molar-refractivity contribution in [1.82, 2.24) is 0 Å². The van der Waals surface area contributed by atoms with E-state index in [2.05, 4.69) is 0 Å². The molecule has 0 bridgehead atoms. The molecule has 2 unspecified atom stereocenters. The van der Waals surface area contributed by atoms with Crippen LogP contribution in [0.1, 0.15) is 24.8 Å². The first kappa shape index (κ1) is 12.6. The monoisotopic (exact) mass is 272 g/mol. The lowest BCUT2D eigenvalue weighted by Crippen LogP contribution is -1.91. The molecule has 0 heterocycles. The number of allylic oxidation sites excluding steroid dienone is 2. The number of rotatable bonds is 3. The molecule has 1 aliphatic rings. The lowest BCUT2D eigenvalue weighted by Gasteiger charge is -2.01. The molecule has 17 heavy (non-hydrogen) atoms. The van der Waals surface area contributed by atoms with Crippen molar-refractivity contribution in [1.29, 1.82) is 0 Å². The molecule has 2 rings (SSSR count). The highest BCUT2D eigenvalue weighted by Crippen LogP contribution is 2.49. The van der Waals surface area contributed by atoms with E-state index >= 15 is 0 Å². The van der Waals surface area contributed by atoms with Crippen molar-refractivity contribution in [2.24, 2.45) is 5.92 Å². The fourth-order valence-electron chi connectivity index (χ4n) is 1.83. The first-order valence-corrected chi connectivity index (χ1v) is 6.08. The minimum atomic E-state index is -0.655. The summed E-state index contributed by atoms with van der Waals surface area (Å²) in [5.41, 5.74) is 1.04. The maximum atomic E-state index is 13.1. The number of Topliss-reactive ketones (excluding diaryl/α,β-unsaturated/α-hetero) is 1. The van der Waals surface area contributed by atoms with Gasteiger partial charge in [-0.05, 0) is 42.0 Å². The van der Waals surface area contributed by atoms with Crippen molar-refractivity contribution in [2.75, 3.05) is 0 Å². The Labute approximate surface area is 109 Å². The van der Waals surface area contributed by atoms with Crippen LogP contribution in [0.3, 0.4) is 0 Å².